The van der Waals surface area contributed by atoms with E-state index in [0.717, 1.165) is 15.8 Å². The van der Waals surface area contributed by atoms with E-state index in [9.17, 15) is 24.0 Å². The molecular formula is C21H20BrN3O6. The van der Waals surface area contributed by atoms with E-state index >= 15 is 0 Å². The van der Waals surface area contributed by atoms with Crippen molar-refractivity contribution >= 4 is 45.5 Å². The molecule has 0 unspecified atom stereocenters. The van der Waals surface area contributed by atoms with E-state index in [2.05, 4.69) is 26.8 Å². The van der Waals surface area contributed by atoms with Crippen molar-refractivity contribution in [1.29, 1.82) is 0 Å². The fourth-order valence-corrected chi connectivity index (χ4v) is 4.77. The molecule has 2 N–H and O–H groups in total. The number of allylic oxidation sites excluding steroid dienone is 2. The zero-order chi connectivity index (χ0) is 22.3. The van der Waals surface area contributed by atoms with Gasteiger partial charge in [-0.2, -0.15) is 0 Å². The molecule has 0 aromatic heterocycles. The van der Waals surface area contributed by atoms with Crippen molar-refractivity contribution in [2.75, 3.05) is 6.61 Å². The molecule has 5 atom stereocenters. The number of nitrogens with zero attached hydrogens (tertiary/aromatic N) is 1. The number of ether oxygens (including phenoxy) is 1. The first-order chi connectivity index (χ1) is 14.8. The van der Waals surface area contributed by atoms with Crippen LogP contribution in [0, 0.1) is 23.7 Å². The molecule has 1 aliphatic heterocycles. The Bertz CT molecular complexity index is 961. The number of benzene rings is 1. The van der Waals surface area contributed by atoms with Crippen molar-refractivity contribution < 1.29 is 28.7 Å². The molecule has 1 saturated heterocycles. The van der Waals surface area contributed by atoms with Crippen molar-refractivity contribution in [3.63, 3.8) is 0 Å². The van der Waals surface area contributed by atoms with Gasteiger partial charge in [-0.1, -0.05) is 28.1 Å². The molecule has 1 heterocycles. The average Bonchev–Trinajstić information content (AvgIpc) is 3.44. The van der Waals surface area contributed by atoms with Crippen molar-refractivity contribution in [2.45, 2.75) is 19.4 Å². The second-order valence-corrected chi connectivity index (χ2v) is 8.75. The van der Waals surface area contributed by atoms with Crippen molar-refractivity contribution in [3.8, 4) is 0 Å². The number of carbonyl (C=O) groups excluding carboxylic acids is 5. The number of amides is 4. The fraction of sp³-hybridized carbons (Fsp3) is 0.381. The van der Waals surface area contributed by atoms with Gasteiger partial charge < -0.3 is 4.74 Å². The van der Waals surface area contributed by atoms with Crippen LogP contribution in [0.1, 0.15) is 23.7 Å². The molecule has 3 aliphatic rings. The molecule has 4 amide bonds. The third-order valence-electron chi connectivity index (χ3n) is 6.00. The van der Waals surface area contributed by atoms with Crippen LogP contribution in [0.4, 0.5) is 0 Å². The van der Waals surface area contributed by atoms with Gasteiger partial charge in [-0.3, -0.25) is 34.9 Å². The maximum Gasteiger partial charge on any atom is 0.329 e. The minimum absolute atomic E-state index is 0.0415. The minimum atomic E-state index is -1.13. The molecule has 9 nitrogen and oxygen atoms in total. The van der Waals surface area contributed by atoms with Crippen LogP contribution < -0.4 is 10.9 Å². The number of hydrazine groups is 1. The first kappa shape index (κ1) is 21.2. The van der Waals surface area contributed by atoms with Crippen LogP contribution in [0.25, 0.3) is 0 Å². The Morgan fingerprint density at radius 2 is 1.65 bits per heavy atom. The van der Waals surface area contributed by atoms with E-state index in [1.807, 2.05) is 12.2 Å². The van der Waals surface area contributed by atoms with Gasteiger partial charge in [0.1, 0.15) is 6.04 Å². The zero-order valence-corrected chi connectivity index (χ0v) is 18.1. The highest BCUT2D eigenvalue weighted by Crippen LogP contribution is 2.52. The summed E-state index contributed by atoms with van der Waals surface area (Å²) in [5.74, 6) is -3.61. The standard InChI is InChI=1S/C21H20BrN3O6/c1-10(25-19(28)16-12-2-3-13(8-12)17(16)20(25)29)21(30)31-9-15(26)23-24-18(27)11-4-6-14(22)7-5-11/h2-7,10,12-13,16-17H,8-9H2,1H3,(H,23,26)(H,24,27)/t10-,12-,13-,16-,17+/m0/s1. The van der Waals surface area contributed by atoms with Gasteiger partial charge >= 0.3 is 5.97 Å². The van der Waals surface area contributed by atoms with Gasteiger partial charge in [0.2, 0.25) is 11.8 Å². The first-order valence-corrected chi connectivity index (χ1v) is 10.6. The second-order valence-electron chi connectivity index (χ2n) is 7.84. The Morgan fingerprint density at radius 1 is 1.06 bits per heavy atom. The SMILES string of the molecule is C[C@@H](C(=O)OCC(=O)NNC(=O)c1ccc(Br)cc1)N1C(=O)[C@@H]2[C@H](C1=O)[C@H]1C=C[C@H]2C1. The fourth-order valence-electron chi connectivity index (χ4n) is 4.51. The highest BCUT2D eigenvalue weighted by Gasteiger charge is 2.60. The molecule has 2 fully saturated rings. The molecule has 162 valence electrons. The number of carbonyl (C=O) groups is 5. The summed E-state index contributed by atoms with van der Waals surface area (Å²) in [4.78, 5) is 62.7. The van der Waals surface area contributed by atoms with Crippen LogP contribution in [0.3, 0.4) is 0 Å². The minimum Gasteiger partial charge on any atom is -0.454 e. The van der Waals surface area contributed by atoms with Crippen molar-refractivity contribution in [3.05, 3.63) is 46.5 Å². The van der Waals surface area contributed by atoms with Gasteiger partial charge in [-0.05, 0) is 49.4 Å². The molecule has 1 aromatic rings. The number of hydrogen-bond acceptors (Lipinski definition) is 6. The van der Waals surface area contributed by atoms with Crippen LogP contribution in [-0.2, 0) is 23.9 Å². The summed E-state index contributed by atoms with van der Waals surface area (Å²) in [7, 11) is 0. The summed E-state index contributed by atoms with van der Waals surface area (Å²) in [5, 5.41) is 0. The number of imide groups is 1. The molecule has 0 radical (unpaired) electrons. The van der Waals surface area contributed by atoms with E-state index in [0.29, 0.717) is 5.56 Å². The molecule has 10 heteroatoms. The monoisotopic (exact) mass is 489 g/mol. The number of nitrogens with one attached hydrogen (secondary N) is 2. The molecule has 2 aliphatic carbocycles. The Balaban J connectivity index is 1.26. The Labute approximate surface area is 186 Å². The van der Waals surface area contributed by atoms with Crippen LogP contribution in [0.15, 0.2) is 40.9 Å². The van der Waals surface area contributed by atoms with Crippen LogP contribution in [-0.4, -0.2) is 47.1 Å². The smallest absolute Gasteiger partial charge is 0.329 e. The highest BCUT2D eigenvalue weighted by atomic mass is 79.9. The number of halogens is 1. The Hall–Kier alpha value is -3.01. The lowest BCUT2D eigenvalue weighted by atomic mass is 9.85. The number of fused-ring (bicyclic) bond motifs is 5. The number of esters is 1. The molecule has 1 saturated carbocycles. The third kappa shape index (κ3) is 3.87. The summed E-state index contributed by atoms with van der Waals surface area (Å²) in [6.07, 6.45) is 4.73. The molecular weight excluding hydrogens is 470 g/mol. The molecule has 2 bridgehead atoms. The second kappa shape index (κ2) is 8.26. The van der Waals surface area contributed by atoms with Crippen LogP contribution in [0.5, 0.6) is 0 Å². The van der Waals surface area contributed by atoms with Gasteiger partial charge in [0.15, 0.2) is 6.61 Å². The third-order valence-corrected chi connectivity index (χ3v) is 6.53. The van der Waals surface area contributed by atoms with Crippen LogP contribution >= 0.6 is 15.9 Å². The van der Waals surface area contributed by atoms with Gasteiger partial charge in [0.05, 0.1) is 11.8 Å². The van der Waals surface area contributed by atoms with E-state index < -0.39 is 42.3 Å². The molecule has 1 aromatic carbocycles. The summed E-state index contributed by atoms with van der Waals surface area (Å²) >= 11 is 3.26. The molecule has 31 heavy (non-hydrogen) atoms. The van der Waals surface area contributed by atoms with E-state index in [4.69, 9.17) is 4.74 Å². The highest BCUT2D eigenvalue weighted by molar-refractivity contribution is 9.10. The summed E-state index contributed by atoms with van der Waals surface area (Å²) in [5.41, 5.74) is 4.69. The predicted molar refractivity (Wildman–Crippen MR) is 110 cm³/mol. The van der Waals surface area contributed by atoms with Gasteiger partial charge in [-0.25, -0.2) is 4.79 Å². The van der Waals surface area contributed by atoms with E-state index in [1.165, 1.54) is 6.92 Å². The first-order valence-electron chi connectivity index (χ1n) is 9.84. The average molecular weight is 490 g/mol. The van der Waals surface area contributed by atoms with Crippen molar-refractivity contribution in [1.82, 2.24) is 15.8 Å². The predicted octanol–water partition coefficient (Wildman–Crippen LogP) is 0.949. The maximum atomic E-state index is 12.7. The summed E-state index contributed by atoms with van der Waals surface area (Å²) < 4.78 is 5.75. The number of likely N-dealkylation sites (tertiary alicyclic amines) is 1. The molecule has 0 spiro atoms. The lowest BCUT2D eigenvalue weighted by Crippen LogP contribution is -2.47. The zero-order valence-electron chi connectivity index (χ0n) is 16.5. The van der Waals surface area contributed by atoms with Gasteiger partial charge in [-0.15, -0.1) is 0 Å². The van der Waals surface area contributed by atoms with E-state index in [1.54, 1.807) is 24.3 Å². The largest absolute Gasteiger partial charge is 0.454 e. The topological polar surface area (TPSA) is 122 Å². The number of rotatable bonds is 5. The molecule has 4 rings (SSSR count). The summed E-state index contributed by atoms with van der Waals surface area (Å²) in [6.45, 7) is 0.738. The van der Waals surface area contributed by atoms with Crippen LogP contribution in [0.2, 0.25) is 0 Å². The lowest BCUT2D eigenvalue weighted by molar-refractivity contribution is -0.160. The lowest BCUT2D eigenvalue weighted by Gasteiger charge is -2.23. The number of hydrogen-bond donors (Lipinski definition) is 2. The Kier molecular flexibility index (Phi) is 5.65. The Morgan fingerprint density at radius 3 is 2.23 bits per heavy atom. The maximum absolute atomic E-state index is 12.7. The van der Waals surface area contributed by atoms with E-state index in [-0.39, 0.29) is 23.7 Å². The van der Waals surface area contributed by atoms with Gasteiger partial charge in [0.25, 0.3) is 11.8 Å². The van der Waals surface area contributed by atoms with Crippen molar-refractivity contribution in [2.24, 2.45) is 23.7 Å². The van der Waals surface area contributed by atoms with Gasteiger partial charge in [0, 0.05) is 10.0 Å². The quantitative estimate of drug-likeness (QED) is 0.274. The summed E-state index contributed by atoms with van der Waals surface area (Å²) in [6, 6.07) is 5.35. The normalized spacial score (nSPS) is 26.6.